The zero-order chi connectivity index (χ0) is 18.7. The fraction of sp³-hybridized carbons (Fsp3) is 0.588. The van der Waals surface area contributed by atoms with Crippen molar-refractivity contribution >= 4 is 10.2 Å². The number of rotatable bonds is 6. The van der Waals surface area contributed by atoms with Gasteiger partial charge in [0.15, 0.2) is 0 Å². The first-order valence-corrected chi connectivity index (χ1v) is 10.3. The highest BCUT2D eigenvalue weighted by Crippen LogP contribution is 2.24. The van der Waals surface area contributed by atoms with E-state index >= 15 is 0 Å². The van der Waals surface area contributed by atoms with E-state index in [1.807, 2.05) is 17.7 Å². The first-order valence-electron chi connectivity index (χ1n) is 8.92. The highest BCUT2D eigenvalue weighted by atomic mass is 32.2. The Kier molecular flexibility index (Phi) is 5.69. The molecular formula is C17H26N6O2S. The number of nitrogens with zero attached hydrogens (tertiary/aromatic N) is 6. The second-order valence-corrected chi connectivity index (χ2v) is 8.93. The van der Waals surface area contributed by atoms with Crippen molar-refractivity contribution in [1.82, 2.24) is 28.4 Å². The van der Waals surface area contributed by atoms with Gasteiger partial charge in [-0.05, 0) is 38.2 Å². The average molecular weight is 379 g/mol. The van der Waals surface area contributed by atoms with Crippen molar-refractivity contribution in [1.29, 1.82) is 0 Å². The smallest absolute Gasteiger partial charge is 0.264 e. The molecular weight excluding hydrogens is 352 g/mol. The summed E-state index contributed by atoms with van der Waals surface area (Å²) >= 11 is 0. The molecule has 1 aliphatic heterocycles. The third kappa shape index (κ3) is 3.94. The van der Waals surface area contributed by atoms with Gasteiger partial charge in [-0.25, -0.2) is 4.98 Å². The van der Waals surface area contributed by atoms with Gasteiger partial charge in [0.25, 0.3) is 10.2 Å². The van der Waals surface area contributed by atoms with Crippen LogP contribution in [0.15, 0.2) is 24.7 Å². The number of aromatic nitrogens is 4. The van der Waals surface area contributed by atoms with E-state index in [1.165, 1.54) is 4.31 Å². The highest BCUT2D eigenvalue weighted by Gasteiger charge is 2.30. The molecule has 1 aliphatic rings. The summed E-state index contributed by atoms with van der Waals surface area (Å²) in [6.45, 7) is 3.92. The van der Waals surface area contributed by atoms with Crippen LogP contribution in [0, 0.1) is 5.92 Å². The molecule has 0 aromatic carbocycles. The van der Waals surface area contributed by atoms with Gasteiger partial charge >= 0.3 is 0 Å². The summed E-state index contributed by atoms with van der Waals surface area (Å²) < 4.78 is 29.5. The van der Waals surface area contributed by atoms with E-state index in [1.54, 1.807) is 37.0 Å². The fourth-order valence-corrected chi connectivity index (χ4v) is 4.58. The zero-order valence-corrected chi connectivity index (χ0v) is 16.4. The number of piperidine rings is 1. The maximum absolute atomic E-state index is 12.4. The van der Waals surface area contributed by atoms with E-state index in [9.17, 15) is 8.42 Å². The van der Waals surface area contributed by atoms with Gasteiger partial charge in [0.2, 0.25) is 0 Å². The van der Waals surface area contributed by atoms with Gasteiger partial charge in [-0.3, -0.25) is 9.67 Å². The van der Waals surface area contributed by atoms with Gasteiger partial charge in [-0.15, -0.1) is 0 Å². The normalized spacial score (nSPS) is 19.2. The summed E-state index contributed by atoms with van der Waals surface area (Å²) in [5.74, 6) is 0.249. The van der Waals surface area contributed by atoms with Gasteiger partial charge in [0.1, 0.15) is 5.69 Å². The Morgan fingerprint density at radius 3 is 2.85 bits per heavy atom. The Morgan fingerprint density at radius 2 is 2.12 bits per heavy atom. The predicted molar refractivity (Wildman–Crippen MR) is 99.5 cm³/mol. The molecule has 1 unspecified atom stereocenters. The van der Waals surface area contributed by atoms with Crippen LogP contribution >= 0.6 is 0 Å². The first kappa shape index (κ1) is 18.9. The molecule has 1 saturated heterocycles. The highest BCUT2D eigenvalue weighted by molar-refractivity contribution is 7.86. The van der Waals surface area contributed by atoms with Crippen LogP contribution in [0.4, 0.5) is 0 Å². The standard InChI is InChI=1S/C17H26N6O2S/c1-4-23-17(7-8-19-23)16-12-18-11-15(20-16)10-14-6-5-9-22(13-14)26(24,25)21(2)3/h7-8,11-12,14H,4-6,9-10,13H2,1-3H3. The molecule has 1 atom stereocenters. The Hall–Kier alpha value is -1.84. The van der Waals surface area contributed by atoms with Crippen LogP contribution in [0.25, 0.3) is 11.4 Å². The van der Waals surface area contributed by atoms with Crippen molar-refractivity contribution in [2.75, 3.05) is 27.2 Å². The fourth-order valence-electron chi connectivity index (χ4n) is 3.36. The molecule has 0 bridgehead atoms. The minimum absolute atomic E-state index is 0.249. The summed E-state index contributed by atoms with van der Waals surface area (Å²) in [6, 6.07) is 1.93. The lowest BCUT2D eigenvalue weighted by Crippen LogP contribution is -2.45. The molecule has 0 amide bonds. The molecule has 142 valence electrons. The van der Waals surface area contributed by atoms with E-state index in [0.717, 1.165) is 42.9 Å². The second kappa shape index (κ2) is 7.81. The summed E-state index contributed by atoms with van der Waals surface area (Å²) in [5.41, 5.74) is 2.64. The van der Waals surface area contributed by atoms with Gasteiger partial charge in [0, 0.05) is 46.1 Å². The molecule has 1 fully saturated rings. The topological polar surface area (TPSA) is 84.2 Å². The molecule has 0 saturated carbocycles. The van der Waals surface area contributed by atoms with E-state index in [0.29, 0.717) is 13.1 Å². The lowest BCUT2D eigenvalue weighted by molar-refractivity contribution is 0.253. The molecule has 0 spiro atoms. The Labute approximate surface area is 155 Å². The molecule has 3 heterocycles. The van der Waals surface area contributed by atoms with Crippen molar-refractivity contribution < 1.29 is 8.42 Å². The molecule has 2 aromatic heterocycles. The van der Waals surface area contributed by atoms with E-state index < -0.39 is 10.2 Å². The minimum Gasteiger partial charge on any atom is -0.264 e. The largest absolute Gasteiger partial charge is 0.281 e. The molecule has 0 N–H and O–H groups in total. The molecule has 2 aromatic rings. The van der Waals surface area contributed by atoms with Crippen LogP contribution < -0.4 is 0 Å². The van der Waals surface area contributed by atoms with Crippen molar-refractivity contribution in [3.63, 3.8) is 0 Å². The quantitative estimate of drug-likeness (QED) is 0.759. The van der Waals surface area contributed by atoms with Gasteiger partial charge in [-0.2, -0.15) is 22.1 Å². The number of hydrogen-bond donors (Lipinski definition) is 0. The molecule has 26 heavy (non-hydrogen) atoms. The maximum Gasteiger partial charge on any atom is 0.281 e. The Morgan fingerprint density at radius 1 is 1.31 bits per heavy atom. The van der Waals surface area contributed by atoms with Crippen LogP contribution in [0.5, 0.6) is 0 Å². The predicted octanol–water partition coefficient (Wildman–Crippen LogP) is 1.42. The Bertz CT molecular complexity index is 848. The molecule has 8 nitrogen and oxygen atoms in total. The number of aryl methyl sites for hydroxylation is 1. The van der Waals surface area contributed by atoms with Crippen molar-refractivity contribution in [2.24, 2.45) is 5.92 Å². The molecule has 0 aliphatic carbocycles. The first-order chi connectivity index (χ1) is 12.4. The lowest BCUT2D eigenvalue weighted by Gasteiger charge is -2.33. The summed E-state index contributed by atoms with van der Waals surface area (Å²) in [5, 5.41) is 4.28. The van der Waals surface area contributed by atoms with Crippen molar-refractivity contribution in [3.8, 4) is 11.4 Å². The molecule has 9 heteroatoms. The Balaban J connectivity index is 1.74. The third-order valence-electron chi connectivity index (χ3n) is 4.73. The molecule has 3 rings (SSSR count). The summed E-state index contributed by atoms with van der Waals surface area (Å²) in [4.78, 5) is 9.07. The average Bonchev–Trinajstić information content (AvgIpc) is 3.11. The van der Waals surface area contributed by atoms with Gasteiger partial charge < -0.3 is 0 Å². The van der Waals surface area contributed by atoms with Crippen molar-refractivity contribution in [2.45, 2.75) is 32.7 Å². The lowest BCUT2D eigenvalue weighted by atomic mass is 9.95. The SMILES string of the molecule is CCn1nccc1-c1cncc(CC2CCCN(S(=O)(=O)N(C)C)C2)n1. The zero-order valence-electron chi connectivity index (χ0n) is 15.5. The van der Waals surface area contributed by atoms with Crippen LogP contribution in [-0.2, 0) is 23.2 Å². The van der Waals surface area contributed by atoms with Gasteiger partial charge in [-0.1, -0.05) is 0 Å². The van der Waals surface area contributed by atoms with Crippen LogP contribution in [-0.4, -0.2) is 64.0 Å². The van der Waals surface area contributed by atoms with E-state index in [4.69, 9.17) is 4.98 Å². The van der Waals surface area contributed by atoms with Crippen LogP contribution in [0.3, 0.4) is 0 Å². The minimum atomic E-state index is -3.36. The van der Waals surface area contributed by atoms with Gasteiger partial charge in [0.05, 0.1) is 17.6 Å². The third-order valence-corrected chi connectivity index (χ3v) is 6.64. The van der Waals surface area contributed by atoms with Crippen molar-refractivity contribution in [3.05, 3.63) is 30.4 Å². The monoisotopic (exact) mass is 378 g/mol. The van der Waals surface area contributed by atoms with E-state index in [-0.39, 0.29) is 5.92 Å². The molecule has 0 radical (unpaired) electrons. The summed E-state index contributed by atoms with van der Waals surface area (Å²) in [6.07, 6.45) is 7.87. The number of hydrogen-bond acceptors (Lipinski definition) is 5. The van der Waals surface area contributed by atoms with Crippen LogP contribution in [0.1, 0.15) is 25.5 Å². The van der Waals surface area contributed by atoms with Crippen LogP contribution in [0.2, 0.25) is 0 Å². The summed E-state index contributed by atoms with van der Waals surface area (Å²) in [7, 11) is -0.210. The maximum atomic E-state index is 12.4. The second-order valence-electron chi connectivity index (χ2n) is 6.79. The van der Waals surface area contributed by atoms with E-state index in [2.05, 4.69) is 10.1 Å².